The largest absolute Gasteiger partial charge is 0.469 e. The number of nitrogens with zero attached hydrogens (tertiary/aromatic N) is 3. The first-order valence-electron chi connectivity index (χ1n) is 7.34. The predicted molar refractivity (Wildman–Crippen MR) is 78.6 cm³/mol. The van der Waals surface area contributed by atoms with Crippen LogP contribution < -0.4 is 5.73 Å². The highest BCUT2D eigenvalue weighted by Crippen LogP contribution is 2.31. The number of esters is 1. The summed E-state index contributed by atoms with van der Waals surface area (Å²) in [5, 5.41) is 4.14. The van der Waals surface area contributed by atoms with Crippen molar-refractivity contribution in [3.8, 4) is 0 Å². The molecule has 0 saturated heterocycles. The third-order valence-electron chi connectivity index (χ3n) is 4.31. The number of pyridine rings is 1. The summed E-state index contributed by atoms with van der Waals surface area (Å²) >= 11 is 0. The van der Waals surface area contributed by atoms with Gasteiger partial charge in [0.25, 0.3) is 0 Å². The van der Waals surface area contributed by atoms with Gasteiger partial charge < -0.3 is 10.5 Å². The molecule has 0 radical (unpaired) electrons. The summed E-state index contributed by atoms with van der Waals surface area (Å²) in [6.45, 7) is 0. The van der Waals surface area contributed by atoms with Gasteiger partial charge in [-0.3, -0.25) is 4.79 Å². The maximum absolute atomic E-state index is 11.5. The van der Waals surface area contributed by atoms with E-state index in [4.69, 9.17) is 10.5 Å². The Kier molecular flexibility index (Phi) is 3.77. The lowest BCUT2D eigenvalue weighted by atomic mass is 9.79. The Bertz CT molecular complexity index is 644. The van der Waals surface area contributed by atoms with Gasteiger partial charge in [-0.1, -0.05) is 6.07 Å². The fourth-order valence-corrected chi connectivity index (χ4v) is 3.17. The lowest BCUT2D eigenvalue weighted by Gasteiger charge is -2.26. The number of hydrogen-bond acceptors (Lipinski definition) is 5. The molecule has 0 spiro atoms. The first-order chi connectivity index (χ1) is 10.2. The Labute approximate surface area is 123 Å². The lowest BCUT2D eigenvalue weighted by Crippen LogP contribution is -2.23. The van der Waals surface area contributed by atoms with Crippen molar-refractivity contribution < 1.29 is 9.53 Å². The van der Waals surface area contributed by atoms with E-state index in [1.807, 2.05) is 12.3 Å². The Balaban J connectivity index is 1.62. The van der Waals surface area contributed by atoms with Gasteiger partial charge in [0.15, 0.2) is 5.65 Å². The van der Waals surface area contributed by atoms with E-state index in [-0.39, 0.29) is 11.9 Å². The lowest BCUT2D eigenvalue weighted by molar-refractivity contribution is -0.146. The molecule has 112 valence electrons. The Morgan fingerprint density at radius 2 is 2.14 bits per heavy atom. The number of carbonyl (C=O) groups is 1. The average molecular weight is 288 g/mol. The molecular formula is C15H20N4O2. The zero-order chi connectivity index (χ0) is 14.8. The van der Waals surface area contributed by atoms with Crippen LogP contribution in [0.2, 0.25) is 0 Å². The Morgan fingerprint density at radius 3 is 2.86 bits per heavy atom. The highest BCUT2D eigenvalue weighted by molar-refractivity contribution is 5.72. The molecule has 1 aliphatic rings. The molecule has 6 heteroatoms. The molecule has 2 aromatic heterocycles. The quantitative estimate of drug-likeness (QED) is 0.871. The number of rotatable bonds is 3. The van der Waals surface area contributed by atoms with Gasteiger partial charge >= 0.3 is 5.97 Å². The van der Waals surface area contributed by atoms with Crippen molar-refractivity contribution in [3.63, 3.8) is 0 Å². The van der Waals surface area contributed by atoms with Crippen LogP contribution in [-0.4, -0.2) is 27.7 Å². The van der Waals surface area contributed by atoms with Crippen LogP contribution in [0.1, 0.15) is 31.2 Å². The van der Waals surface area contributed by atoms with E-state index < -0.39 is 0 Å². The maximum Gasteiger partial charge on any atom is 0.308 e. The van der Waals surface area contributed by atoms with Crippen molar-refractivity contribution in [2.75, 3.05) is 12.8 Å². The molecule has 3 rings (SSSR count). The number of nitrogens with two attached hydrogens (primary N) is 1. The monoisotopic (exact) mass is 288 g/mol. The number of nitrogen functional groups attached to an aromatic ring is 1. The van der Waals surface area contributed by atoms with Crippen molar-refractivity contribution in [1.82, 2.24) is 14.6 Å². The van der Waals surface area contributed by atoms with Gasteiger partial charge in [-0.25, -0.2) is 4.52 Å². The standard InChI is InChI=1S/C15H20N4O2/c1-21-14(20)12-5-2-10(3-6-12)8-11-4-7-13-17-15(16)18-19(13)9-11/h4,7,9-10,12H,2-3,5-6,8H2,1H3,(H2,16,18)/t10-,12-. The number of anilines is 1. The van der Waals surface area contributed by atoms with Crippen molar-refractivity contribution in [1.29, 1.82) is 0 Å². The molecule has 0 amide bonds. The van der Waals surface area contributed by atoms with Crippen molar-refractivity contribution in [3.05, 3.63) is 23.9 Å². The summed E-state index contributed by atoms with van der Waals surface area (Å²) in [5.41, 5.74) is 7.59. The number of carbonyl (C=O) groups excluding carboxylic acids is 1. The SMILES string of the molecule is COC(=O)[C@H]1CC[C@H](Cc2ccc3nc(N)nn3c2)CC1. The van der Waals surface area contributed by atoms with Gasteiger partial charge in [0, 0.05) is 6.20 Å². The zero-order valence-corrected chi connectivity index (χ0v) is 12.2. The third-order valence-corrected chi connectivity index (χ3v) is 4.31. The van der Waals surface area contributed by atoms with Crippen LogP contribution in [0.5, 0.6) is 0 Å². The van der Waals surface area contributed by atoms with Crippen LogP contribution in [0.15, 0.2) is 18.3 Å². The molecule has 0 unspecified atom stereocenters. The number of aromatic nitrogens is 3. The molecular weight excluding hydrogens is 268 g/mol. The zero-order valence-electron chi connectivity index (χ0n) is 12.2. The molecule has 2 heterocycles. The second-order valence-corrected chi connectivity index (χ2v) is 5.76. The predicted octanol–water partition coefficient (Wildman–Crippen LogP) is 1.83. The number of fused-ring (bicyclic) bond motifs is 1. The van der Waals surface area contributed by atoms with E-state index in [9.17, 15) is 4.79 Å². The molecule has 0 bridgehead atoms. The molecule has 0 aromatic carbocycles. The maximum atomic E-state index is 11.5. The molecule has 2 aromatic rings. The second-order valence-electron chi connectivity index (χ2n) is 5.76. The highest BCUT2D eigenvalue weighted by Gasteiger charge is 2.26. The molecule has 0 atom stereocenters. The summed E-state index contributed by atoms with van der Waals surface area (Å²) < 4.78 is 6.55. The van der Waals surface area contributed by atoms with Gasteiger partial charge in [-0.2, -0.15) is 4.98 Å². The Morgan fingerprint density at radius 1 is 1.38 bits per heavy atom. The molecule has 21 heavy (non-hydrogen) atoms. The van der Waals surface area contributed by atoms with E-state index in [1.54, 1.807) is 4.52 Å². The minimum atomic E-state index is -0.0621. The highest BCUT2D eigenvalue weighted by atomic mass is 16.5. The van der Waals surface area contributed by atoms with Crippen LogP contribution in [-0.2, 0) is 16.0 Å². The second kappa shape index (κ2) is 5.71. The topological polar surface area (TPSA) is 82.5 Å². The van der Waals surface area contributed by atoms with Crippen molar-refractivity contribution in [2.24, 2.45) is 11.8 Å². The van der Waals surface area contributed by atoms with Gasteiger partial charge in [0.2, 0.25) is 5.95 Å². The summed E-state index contributed by atoms with van der Waals surface area (Å²) in [4.78, 5) is 15.6. The van der Waals surface area contributed by atoms with E-state index in [2.05, 4.69) is 16.1 Å². The minimum absolute atomic E-state index is 0.0621. The van der Waals surface area contributed by atoms with E-state index in [0.29, 0.717) is 11.9 Å². The molecule has 6 nitrogen and oxygen atoms in total. The van der Waals surface area contributed by atoms with E-state index in [1.165, 1.54) is 12.7 Å². The van der Waals surface area contributed by atoms with Crippen LogP contribution >= 0.6 is 0 Å². The number of ether oxygens (including phenoxy) is 1. The van der Waals surface area contributed by atoms with Gasteiger partial charge in [0.1, 0.15) is 0 Å². The van der Waals surface area contributed by atoms with Crippen molar-refractivity contribution in [2.45, 2.75) is 32.1 Å². The average Bonchev–Trinajstić information content (AvgIpc) is 2.86. The van der Waals surface area contributed by atoms with E-state index >= 15 is 0 Å². The van der Waals surface area contributed by atoms with Crippen molar-refractivity contribution >= 4 is 17.6 Å². The fourth-order valence-electron chi connectivity index (χ4n) is 3.17. The van der Waals surface area contributed by atoms with Crippen LogP contribution in [0.3, 0.4) is 0 Å². The van der Waals surface area contributed by atoms with Crippen LogP contribution in [0.4, 0.5) is 5.95 Å². The fraction of sp³-hybridized carbons (Fsp3) is 0.533. The first kappa shape index (κ1) is 13.9. The molecule has 1 fully saturated rings. The third kappa shape index (κ3) is 2.99. The van der Waals surface area contributed by atoms with Gasteiger partial charge in [-0.15, -0.1) is 5.10 Å². The number of hydrogen-bond donors (Lipinski definition) is 1. The molecule has 1 aliphatic carbocycles. The summed E-state index contributed by atoms with van der Waals surface area (Å²) in [5.74, 6) is 0.937. The molecule has 1 saturated carbocycles. The van der Waals surface area contributed by atoms with Gasteiger partial charge in [-0.05, 0) is 49.7 Å². The summed E-state index contributed by atoms with van der Waals surface area (Å²) in [7, 11) is 1.47. The first-order valence-corrected chi connectivity index (χ1v) is 7.34. The number of methoxy groups -OCH3 is 1. The smallest absolute Gasteiger partial charge is 0.308 e. The van der Waals surface area contributed by atoms with Crippen LogP contribution in [0, 0.1) is 11.8 Å². The normalized spacial score (nSPS) is 22.3. The summed E-state index contributed by atoms with van der Waals surface area (Å²) in [6.07, 6.45) is 6.98. The molecule has 0 aliphatic heterocycles. The minimum Gasteiger partial charge on any atom is -0.469 e. The van der Waals surface area contributed by atoms with Crippen LogP contribution in [0.25, 0.3) is 5.65 Å². The van der Waals surface area contributed by atoms with E-state index in [0.717, 1.165) is 37.8 Å². The Hall–Kier alpha value is -2.11. The summed E-state index contributed by atoms with van der Waals surface area (Å²) in [6, 6.07) is 4.02. The van der Waals surface area contributed by atoms with Gasteiger partial charge in [0.05, 0.1) is 13.0 Å². The molecule has 2 N–H and O–H groups in total.